The molecular weight excluding hydrogens is 575 g/mol. The zero-order chi connectivity index (χ0) is 30.4. The number of esters is 1. The van der Waals surface area contributed by atoms with Crippen LogP contribution in [0.4, 0.5) is 5.82 Å². The van der Waals surface area contributed by atoms with Crippen LogP contribution in [0.2, 0.25) is 0 Å². The second kappa shape index (κ2) is 14.1. The maximum Gasteiger partial charge on any atom is 0.407 e. The molecule has 0 radical (unpaired) electrons. The van der Waals surface area contributed by atoms with E-state index in [4.69, 9.17) is 30.7 Å². The van der Waals surface area contributed by atoms with E-state index in [0.717, 1.165) is 11.8 Å². The highest BCUT2D eigenvalue weighted by molar-refractivity contribution is 8.13. The molecule has 0 aliphatic carbocycles. The normalized spacial score (nSPS) is 21.5. The highest BCUT2D eigenvalue weighted by Gasteiger charge is 2.38. The minimum atomic E-state index is -4.20. The molecule has 2 aromatic rings. The first-order chi connectivity index (χ1) is 19.3. The number of aliphatic hydroxyl groups excluding tert-OH is 1. The van der Waals surface area contributed by atoms with E-state index in [1.807, 2.05) is 6.92 Å². The molecule has 1 aliphatic heterocycles. The Labute approximate surface area is 243 Å². The number of thioether (sulfide) groups is 1. The number of nitrogens with two attached hydrogens (primary N) is 1. The van der Waals surface area contributed by atoms with Gasteiger partial charge >= 0.3 is 13.7 Å². The molecule has 1 fully saturated rings. The van der Waals surface area contributed by atoms with E-state index in [1.54, 1.807) is 38.6 Å². The molecule has 3 rings (SSSR count). The monoisotopic (exact) mass is 612 g/mol. The quantitative estimate of drug-likeness (QED) is 0.122. The van der Waals surface area contributed by atoms with Crippen molar-refractivity contribution in [1.82, 2.24) is 24.6 Å². The summed E-state index contributed by atoms with van der Waals surface area (Å²) in [5.74, 6) is 1.77. The number of rotatable bonds is 14. The Morgan fingerprint density at radius 1 is 1.37 bits per heavy atom. The average molecular weight is 613 g/mol. The number of imidazole rings is 1. The molecule has 1 unspecified atom stereocenters. The predicted molar refractivity (Wildman–Crippen MR) is 152 cm³/mol. The number of fused-ring (bicyclic) bond motifs is 1. The van der Waals surface area contributed by atoms with E-state index in [0.29, 0.717) is 17.6 Å². The highest BCUT2D eigenvalue weighted by atomic mass is 32.2. The lowest BCUT2D eigenvalue weighted by Crippen LogP contribution is -2.37. The van der Waals surface area contributed by atoms with Gasteiger partial charge in [-0.25, -0.2) is 24.3 Å². The number of ether oxygens (including phenoxy) is 2. The van der Waals surface area contributed by atoms with E-state index in [9.17, 15) is 19.3 Å². The zero-order valence-electron chi connectivity index (χ0n) is 23.7. The third-order valence-electron chi connectivity index (χ3n) is 6.11. The van der Waals surface area contributed by atoms with E-state index in [1.165, 1.54) is 6.33 Å². The molecule has 2 aromatic heterocycles. The molecule has 0 saturated carbocycles. The Hall–Kier alpha value is -2.57. The van der Waals surface area contributed by atoms with Crippen LogP contribution in [0.5, 0.6) is 0 Å². The number of aliphatic hydroxyl groups is 1. The summed E-state index contributed by atoms with van der Waals surface area (Å²) >= 11 is 0.919. The van der Waals surface area contributed by atoms with Gasteiger partial charge in [0.2, 0.25) is 0 Å². The van der Waals surface area contributed by atoms with Crippen molar-refractivity contribution >= 4 is 47.6 Å². The topological polar surface area (TPSA) is 190 Å². The largest absolute Gasteiger partial charge is 0.461 e. The molecule has 5 atom stereocenters. The van der Waals surface area contributed by atoms with Gasteiger partial charge in [-0.3, -0.25) is 18.4 Å². The van der Waals surface area contributed by atoms with Gasteiger partial charge in [0, 0.05) is 11.7 Å². The Morgan fingerprint density at radius 2 is 2.10 bits per heavy atom. The number of hydrogen-bond acceptors (Lipinski definition) is 13. The molecule has 0 amide bonds. The third kappa shape index (κ3) is 8.48. The lowest BCUT2D eigenvalue weighted by Gasteiger charge is -2.24. The van der Waals surface area contributed by atoms with Gasteiger partial charge in [0.25, 0.3) is 0 Å². The van der Waals surface area contributed by atoms with Crippen molar-refractivity contribution in [3.05, 3.63) is 12.7 Å². The number of carbonyl (C=O) groups is 2. The van der Waals surface area contributed by atoms with E-state index >= 15 is 0 Å². The number of aromatic nitrogens is 4. The second-order valence-corrected chi connectivity index (χ2v) is 13.3. The number of carbonyl (C=O) groups excluding carboxylic acids is 2. The summed E-state index contributed by atoms with van der Waals surface area (Å²) < 4.78 is 38.1. The van der Waals surface area contributed by atoms with E-state index in [-0.39, 0.29) is 42.4 Å². The Bertz CT molecular complexity index is 1310. The predicted octanol–water partition coefficient (Wildman–Crippen LogP) is 2.29. The molecule has 0 bridgehead atoms. The summed E-state index contributed by atoms with van der Waals surface area (Å²) in [4.78, 5) is 37.3. The molecular formula is C25H37N6O8PS. The Balaban J connectivity index is 1.68. The first-order valence-electron chi connectivity index (χ1n) is 13.0. The smallest absolute Gasteiger partial charge is 0.407 e. The van der Waals surface area contributed by atoms with Crippen LogP contribution in [0, 0.1) is 23.7 Å². The van der Waals surface area contributed by atoms with Crippen LogP contribution in [-0.4, -0.2) is 79.5 Å². The second-order valence-electron chi connectivity index (χ2n) is 10.5. The van der Waals surface area contributed by atoms with Gasteiger partial charge in [-0.15, -0.1) is 6.42 Å². The standard InChI is InChI=1S/C25H37N6O8PS/c1-7-18(23(33)38-15(2)3)30-40(35,36-8-9-41-24(34)25(5,6)12-32)37-11-17-10-16(4)22(39-17)31-14-29-19-20(26)27-13-28-21(19)31/h1,13-18,22,32H,8-12H2,2-6H3,(H,30,35)(H2,26,27,28)/t16-,17-,18-,22+,40?/m0/s1. The van der Waals surface area contributed by atoms with Crippen molar-refractivity contribution in [3.63, 3.8) is 0 Å². The van der Waals surface area contributed by atoms with Crippen molar-refractivity contribution in [2.24, 2.45) is 11.3 Å². The van der Waals surface area contributed by atoms with Gasteiger partial charge in [0.15, 0.2) is 22.6 Å². The fraction of sp³-hybridized carbons (Fsp3) is 0.640. The molecule has 1 aliphatic rings. The minimum Gasteiger partial charge on any atom is -0.461 e. The molecule has 14 nitrogen and oxygen atoms in total. The summed E-state index contributed by atoms with van der Waals surface area (Å²) in [6.45, 7) is 7.86. The van der Waals surface area contributed by atoms with Crippen LogP contribution >= 0.6 is 19.5 Å². The van der Waals surface area contributed by atoms with Crippen LogP contribution in [0.3, 0.4) is 0 Å². The summed E-state index contributed by atoms with van der Waals surface area (Å²) in [7, 11) is -4.20. The third-order valence-corrected chi connectivity index (χ3v) is 8.88. The van der Waals surface area contributed by atoms with E-state index < -0.39 is 43.6 Å². The molecule has 0 spiro atoms. The van der Waals surface area contributed by atoms with Gasteiger partial charge in [-0.1, -0.05) is 24.6 Å². The number of hydrogen-bond donors (Lipinski definition) is 3. The van der Waals surface area contributed by atoms with Gasteiger partial charge in [0.05, 0.1) is 43.8 Å². The summed E-state index contributed by atoms with van der Waals surface area (Å²) in [5, 5.41) is 11.6. The number of nitrogen functional groups attached to an aromatic ring is 1. The number of nitrogens with one attached hydrogen (secondary N) is 1. The fourth-order valence-electron chi connectivity index (χ4n) is 3.88. The van der Waals surface area contributed by atoms with Crippen LogP contribution in [0.15, 0.2) is 12.7 Å². The van der Waals surface area contributed by atoms with E-state index in [2.05, 4.69) is 26.0 Å². The van der Waals surface area contributed by atoms with Crippen LogP contribution in [-0.2, 0) is 32.7 Å². The van der Waals surface area contributed by atoms with Crippen molar-refractivity contribution in [2.75, 3.05) is 31.3 Å². The van der Waals surface area contributed by atoms with Gasteiger partial charge in [-0.2, -0.15) is 5.09 Å². The van der Waals surface area contributed by atoms with Gasteiger partial charge in [0.1, 0.15) is 18.1 Å². The summed E-state index contributed by atoms with van der Waals surface area (Å²) in [6.07, 6.45) is 7.56. The minimum absolute atomic E-state index is 0.00206. The lowest BCUT2D eigenvalue weighted by molar-refractivity contribution is -0.148. The molecule has 226 valence electrons. The molecule has 1 saturated heterocycles. The highest BCUT2D eigenvalue weighted by Crippen LogP contribution is 2.46. The first kappa shape index (κ1) is 32.9. The van der Waals surface area contributed by atoms with Crippen LogP contribution in [0.1, 0.15) is 47.3 Å². The molecule has 0 aromatic carbocycles. The van der Waals surface area contributed by atoms with Gasteiger partial charge in [-0.05, 0) is 34.1 Å². The summed E-state index contributed by atoms with van der Waals surface area (Å²) in [5.41, 5.74) is 5.93. The van der Waals surface area contributed by atoms with Crippen molar-refractivity contribution < 1.29 is 37.8 Å². The maximum absolute atomic E-state index is 13.7. The number of nitrogens with zero attached hydrogens (tertiary/aromatic N) is 4. The lowest BCUT2D eigenvalue weighted by atomic mass is 9.97. The maximum atomic E-state index is 13.7. The molecule has 4 N–H and O–H groups in total. The Morgan fingerprint density at radius 3 is 2.76 bits per heavy atom. The van der Waals surface area contributed by atoms with Crippen molar-refractivity contribution in [2.45, 2.75) is 65.5 Å². The zero-order valence-corrected chi connectivity index (χ0v) is 25.4. The SMILES string of the molecule is C#C[C@H](NP(=O)(OCCSC(=O)C(C)(C)CO)OC[C@@H]1C[C@H](C)[C@H](n2cnc3c(N)ncnc32)O1)C(=O)OC(C)C. The average Bonchev–Trinajstić information content (AvgIpc) is 3.51. The van der Waals surface area contributed by atoms with Crippen LogP contribution < -0.4 is 10.8 Å². The van der Waals surface area contributed by atoms with Crippen LogP contribution in [0.25, 0.3) is 11.2 Å². The van der Waals surface area contributed by atoms with Crippen molar-refractivity contribution in [1.29, 1.82) is 0 Å². The molecule has 3 heterocycles. The fourth-order valence-corrected chi connectivity index (χ4v) is 6.23. The number of terminal acetylenes is 1. The summed E-state index contributed by atoms with van der Waals surface area (Å²) in [6, 6.07) is -1.41. The molecule has 41 heavy (non-hydrogen) atoms. The first-order valence-corrected chi connectivity index (χ1v) is 15.5. The van der Waals surface area contributed by atoms with Crippen molar-refractivity contribution in [3.8, 4) is 12.3 Å². The number of anilines is 1. The molecule has 16 heteroatoms. The Kier molecular flexibility index (Phi) is 11.3. The van der Waals surface area contributed by atoms with Gasteiger partial charge < -0.3 is 20.3 Å².